The van der Waals surface area contributed by atoms with Gasteiger partial charge in [-0.3, -0.25) is 9.78 Å². The molecular formula is C16H19BrN4O2. The quantitative estimate of drug-likeness (QED) is 0.823. The number of hydrogen-bond donors (Lipinski definition) is 1. The fourth-order valence-corrected chi connectivity index (χ4v) is 3.35. The Labute approximate surface area is 143 Å². The molecule has 1 aromatic carbocycles. The van der Waals surface area contributed by atoms with E-state index in [4.69, 9.17) is 10.5 Å². The fraction of sp³-hybridized carbons (Fsp3) is 0.438. The summed E-state index contributed by atoms with van der Waals surface area (Å²) >= 11 is 3.43. The van der Waals surface area contributed by atoms with E-state index in [9.17, 15) is 4.79 Å². The minimum Gasteiger partial charge on any atom is -0.469 e. The lowest BCUT2D eigenvalue weighted by molar-refractivity contribution is -0.153. The summed E-state index contributed by atoms with van der Waals surface area (Å²) in [6, 6.07) is 5.84. The number of nitrogens with two attached hydrogens (primary N) is 1. The van der Waals surface area contributed by atoms with Crippen LogP contribution in [0.4, 0.5) is 5.82 Å². The SMILES string of the molecule is COC(=O)C1(CN)CCN(c2cnc3cc(Br)ccc3n2)CC1. The van der Waals surface area contributed by atoms with Crippen molar-refractivity contribution in [1.29, 1.82) is 0 Å². The number of rotatable bonds is 3. The fourth-order valence-electron chi connectivity index (χ4n) is 3.00. The van der Waals surface area contributed by atoms with E-state index < -0.39 is 5.41 Å². The van der Waals surface area contributed by atoms with Crippen LogP contribution in [0.15, 0.2) is 28.9 Å². The maximum Gasteiger partial charge on any atom is 0.313 e. The molecule has 2 heterocycles. The number of halogens is 1. The number of nitrogens with zero attached hydrogens (tertiary/aromatic N) is 3. The molecule has 122 valence electrons. The molecule has 7 heteroatoms. The molecule has 6 nitrogen and oxygen atoms in total. The van der Waals surface area contributed by atoms with Gasteiger partial charge in [0.25, 0.3) is 0 Å². The molecule has 3 rings (SSSR count). The first-order valence-electron chi connectivity index (χ1n) is 7.54. The van der Waals surface area contributed by atoms with Crippen LogP contribution in [-0.2, 0) is 9.53 Å². The number of benzene rings is 1. The first-order valence-corrected chi connectivity index (χ1v) is 8.33. The second-order valence-electron chi connectivity index (χ2n) is 5.82. The van der Waals surface area contributed by atoms with Crippen molar-refractivity contribution in [3.63, 3.8) is 0 Å². The van der Waals surface area contributed by atoms with E-state index in [2.05, 4.69) is 30.8 Å². The van der Waals surface area contributed by atoms with Crippen LogP contribution in [0.5, 0.6) is 0 Å². The molecule has 1 aromatic heterocycles. The van der Waals surface area contributed by atoms with E-state index >= 15 is 0 Å². The highest BCUT2D eigenvalue weighted by Gasteiger charge is 2.41. The molecule has 2 N–H and O–H groups in total. The lowest BCUT2D eigenvalue weighted by Crippen LogP contribution is -2.49. The number of ether oxygens (including phenoxy) is 1. The number of methoxy groups -OCH3 is 1. The third-order valence-corrected chi connectivity index (χ3v) is 5.04. The van der Waals surface area contributed by atoms with E-state index in [1.165, 1.54) is 7.11 Å². The first kappa shape index (κ1) is 16.1. The Morgan fingerprint density at radius 2 is 2.13 bits per heavy atom. The van der Waals surface area contributed by atoms with Crippen LogP contribution in [0.1, 0.15) is 12.8 Å². The normalized spacial score (nSPS) is 17.3. The zero-order chi connectivity index (χ0) is 16.4. The molecule has 1 aliphatic rings. The van der Waals surface area contributed by atoms with Gasteiger partial charge in [-0.05, 0) is 31.0 Å². The number of piperidine rings is 1. The molecule has 0 unspecified atom stereocenters. The lowest BCUT2D eigenvalue weighted by Gasteiger charge is -2.39. The average Bonchev–Trinajstić information content (AvgIpc) is 2.60. The molecule has 0 aliphatic carbocycles. The number of carbonyl (C=O) groups is 1. The molecule has 0 bridgehead atoms. The summed E-state index contributed by atoms with van der Waals surface area (Å²) in [7, 11) is 1.42. The standard InChI is InChI=1S/C16H19BrN4O2/c1-23-15(22)16(10-18)4-6-21(7-5-16)14-9-19-13-8-11(17)2-3-12(13)20-14/h2-3,8-9H,4-7,10,18H2,1H3. The lowest BCUT2D eigenvalue weighted by atomic mass is 9.78. The number of aromatic nitrogens is 2. The highest BCUT2D eigenvalue weighted by atomic mass is 79.9. The molecule has 0 amide bonds. The molecule has 2 aromatic rings. The van der Waals surface area contributed by atoms with Crippen LogP contribution in [0.3, 0.4) is 0 Å². The van der Waals surface area contributed by atoms with Gasteiger partial charge in [0.2, 0.25) is 0 Å². The smallest absolute Gasteiger partial charge is 0.313 e. The van der Waals surface area contributed by atoms with Gasteiger partial charge >= 0.3 is 5.97 Å². The Morgan fingerprint density at radius 3 is 2.78 bits per heavy atom. The number of carbonyl (C=O) groups excluding carboxylic acids is 1. The third-order valence-electron chi connectivity index (χ3n) is 4.55. The Kier molecular flexibility index (Phi) is 4.50. The van der Waals surface area contributed by atoms with Gasteiger partial charge in [-0.25, -0.2) is 4.98 Å². The maximum absolute atomic E-state index is 12.0. The largest absolute Gasteiger partial charge is 0.469 e. The van der Waals surface area contributed by atoms with E-state index in [1.807, 2.05) is 18.2 Å². The van der Waals surface area contributed by atoms with Crippen molar-refractivity contribution >= 4 is 38.8 Å². The van der Waals surface area contributed by atoms with E-state index in [0.29, 0.717) is 32.5 Å². The monoisotopic (exact) mass is 378 g/mol. The van der Waals surface area contributed by atoms with Crippen LogP contribution >= 0.6 is 15.9 Å². The van der Waals surface area contributed by atoms with Crippen molar-refractivity contribution in [1.82, 2.24) is 9.97 Å². The Morgan fingerprint density at radius 1 is 1.39 bits per heavy atom. The van der Waals surface area contributed by atoms with Gasteiger partial charge in [-0.1, -0.05) is 15.9 Å². The van der Waals surface area contributed by atoms with Crippen LogP contribution in [-0.4, -0.2) is 42.7 Å². The number of hydrogen-bond acceptors (Lipinski definition) is 6. The molecule has 0 saturated carbocycles. The number of fused-ring (bicyclic) bond motifs is 1. The zero-order valence-corrected chi connectivity index (χ0v) is 14.5. The van der Waals surface area contributed by atoms with Crippen molar-refractivity contribution in [3.05, 3.63) is 28.9 Å². The Balaban J connectivity index is 1.79. The van der Waals surface area contributed by atoms with Crippen molar-refractivity contribution in [2.24, 2.45) is 11.1 Å². The first-order chi connectivity index (χ1) is 11.1. The minimum absolute atomic E-state index is 0.214. The highest BCUT2D eigenvalue weighted by molar-refractivity contribution is 9.10. The summed E-state index contributed by atoms with van der Waals surface area (Å²) in [5, 5.41) is 0. The number of esters is 1. The van der Waals surface area contributed by atoms with Crippen molar-refractivity contribution in [2.45, 2.75) is 12.8 Å². The number of anilines is 1. The maximum atomic E-state index is 12.0. The van der Waals surface area contributed by atoms with Gasteiger partial charge in [0.05, 0.1) is 29.8 Å². The van der Waals surface area contributed by atoms with E-state index in [0.717, 1.165) is 21.3 Å². The van der Waals surface area contributed by atoms with Crippen molar-refractivity contribution in [2.75, 3.05) is 31.6 Å². The van der Waals surface area contributed by atoms with Gasteiger partial charge < -0.3 is 15.4 Å². The van der Waals surface area contributed by atoms with Crippen LogP contribution in [0.25, 0.3) is 11.0 Å². The van der Waals surface area contributed by atoms with Crippen LogP contribution in [0, 0.1) is 5.41 Å². The summed E-state index contributed by atoms with van der Waals surface area (Å²) in [5.74, 6) is 0.615. The third kappa shape index (κ3) is 3.03. The summed E-state index contributed by atoms with van der Waals surface area (Å²) in [5.41, 5.74) is 6.98. The molecule has 0 atom stereocenters. The average molecular weight is 379 g/mol. The second kappa shape index (κ2) is 6.41. The molecule has 0 spiro atoms. The van der Waals surface area contributed by atoms with Gasteiger partial charge in [0.1, 0.15) is 5.82 Å². The summed E-state index contributed by atoms with van der Waals surface area (Å²) in [4.78, 5) is 23.3. The van der Waals surface area contributed by atoms with Gasteiger partial charge in [-0.2, -0.15) is 0 Å². The highest BCUT2D eigenvalue weighted by Crippen LogP contribution is 2.33. The molecule has 0 radical (unpaired) electrons. The van der Waals surface area contributed by atoms with Crippen molar-refractivity contribution in [3.8, 4) is 0 Å². The van der Waals surface area contributed by atoms with Crippen LogP contribution in [0.2, 0.25) is 0 Å². The summed E-state index contributed by atoms with van der Waals surface area (Å²) in [6.45, 7) is 1.73. The molecule has 23 heavy (non-hydrogen) atoms. The van der Waals surface area contributed by atoms with Gasteiger partial charge in [0.15, 0.2) is 0 Å². The Hall–Kier alpha value is -1.73. The second-order valence-corrected chi connectivity index (χ2v) is 6.74. The molecule has 1 saturated heterocycles. The summed E-state index contributed by atoms with van der Waals surface area (Å²) in [6.07, 6.45) is 3.11. The predicted octanol–water partition coefficient (Wildman–Crippen LogP) is 2.11. The summed E-state index contributed by atoms with van der Waals surface area (Å²) < 4.78 is 5.91. The molecule has 1 fully saturated rings. The topological polar surface area (TPSA) is 81.3 Å². The van der Waals surface area contributed by atoms with E-state index in [1.54, 1.807) is 6.20 Å². The predicted molar refractivity (Wildman–Crippen MR) is 92.2 cm³/mol. The van der Waals surface area contributed by atoms with Crippen LogP contribution < -0.4 is 10.6 Å². The zero-order valence-electron chi connectivity index (χ0n) is 13.0. The van der Waals surface area contributed by atoms with Gasteiger partial charge in [0, 0.05) is 24.1 Å². The molecular weight excluding hydrogens is 360 g/mol. The minimum atomic E-state index is -0.569. The molecule has 1 aliphatic heterocycles. The van der Waals surface area contributed by atoms with E-state index in [-0.39, 0.29) is 5.97 Å². The van der Waals surface area contributed by atoms with Crippen molar-refractivity contribution < 1.29 is 9.53 Å². The Bertz CT molecular complexity index is 729. The van der Waals surface area contributed by atoms with Gasteiger partial charge in [-0.15, -0.1) is 0 Å².